The van der Waals surface area contributed by atoms with Gasteiger partial charge in [0.25, 0.3) is 0 Å². The summed E-state index contributed by atoms with van der Waals surface area (Å²) in [5, 5.41) is 0. The zero-order valence-electron chi connectivity index (χ0n) is 40.1. The molecule has 2 saturated heterocycles. The summed E-state index contributed by atoms with van der Waals surface area (Å²) in [6.45, 7) is 29.3. The molecule has 4 aliphatic heterocycles. The van der Waals surface area contributed by atoms with Crippen LogP contribution in [0, 0.1) is 24.7 Å². The predicted octanol–water partition coefficient (Wildman–Crippen LogP) is 14.2. The highest BCUT2D eigenvalue weighted by Crippen LogP contribution is 2.45. The monoisotopic (exact) mass is 859 g/mol. The van der Waals surface area contributed by atoms with Crippen molar-refractivity contribution in [2.45, 2.75) is 121 Å². The Hall–Kier alpha value is -5.12. The van der Waals surface area contributed by atoms with Gasteiger partial charge in [0.05, 0.1) is 60.2 Å². The molecule has 9 rings (SSSR count). The van der Waals surface area contributed by atoms with Crippen LogP contribution in [0.15, 0.2) is 60.7 Å². The molecule has 8 heteroatoms. The number of H-pyrrole nitrogens is 2. The minimum absolute atomic E-state index is 0.00113. The van der Waals surface area contributed by atoms with Gasteiger partial charge in [-0.3, -0.25) is 0 Å². The van der Waals surface area contributed by atoms with Crippen molar-refractivity contribution in [3.63, 3.8) is 0 Å². The summed E-state index contributed by atoms with van der Waals surface area (Å²) in [5.74, 6) is 0. The number of nitrogens with zero attached hydrogens (tertiary/aromatic N) is 2. The Kier molecular flexibility index (Phi) is 11.7. The second-order valence-corrected chi connectivity index (χ2v) is 19.9. The Morgan fingerprint density at radius 3 is 1.22 bits per heavy atom. The normalized spacial score (nSPS) is 18.1. The highest BCUT2D eigenvalue weighted by molar-refractivity contribution is 6.03. The van der Waals surface area contributed by atoms with Crippen LogP contribution in [0.1, 0.15) is 151 Å². The van der Waals surface area contributed by atoms with Crippen LogP contribution in [0.25, 0.3) is 66.6 Å². The lowest BCUT2D eigenvalue weighted by atomic mass is 9.92. The van der Waals surface area contributed by atoms with Gasteiger partial charge >= 0.3 is 0 Å². The van der Waals surface area contributed by atoms with Gasteiger partial charge in [-0.15, -0.1) is 0 Å². The number of allylic oxidation sites excluding steroid dienone is 4. The summed E-state index contributed by atoms with van der Waals surface area (Å²) < 4.78 is 24.8. The summed E-state index contributed by atoms with van der Waals surface area (Å²) >= 11 is 0. The Bertz CT molecular complexity index is 2730. The molecule has 0 unspecified atom stereocenters. The third kappa shape index (κ3) is 7.80. The molecule has 3 aromatic heterocycles. The van der Waals surface area contributed by atoms with Gasteiger partial charge in [-0.05, 0) is 121 Å². The largest absolute Gasteiger partial charge is 0.354 e. The van der Waals surface area contributed by atoms with Crippen molar-refractivity contribution in [2.24, 2.45) is 10.8 Å². The van der Waals surface area contributed by atoms with Crippen LogP contribution >= 0.6 is 0 Å². The lowest BCUT2D eigenvalue weighted by molar-refractivity contribution is -0.226. The smallest absolute Gasteiger partial charge is 0.183 e. The van der Waals surface area contributed by atoms with Crippen molar-refractivity contribution in [2.75, 3.05) is 26.4 Å². The first-order valence-electron chi connectivity index (χ1n) is 23.5. The molecule has 0 amide bonds. The highest BCUT2D eigenvalue weighted by atomic mass is 16.7. The van der Waals surface area contributed by atoms with Crippen LogP contribution in [-0.2, 0) is 31.8 Å². The fourth-order valence-corrected chi connectivity index (χ4v) is 10.3. The Morgan fingerprint density at radius 1 is 0.516 bits per heavy atom. The fourth-order valence-electron chi connectivity index (χ4n) is 10.3. The number of hydrogen-bond acceptors (Lipinski definition) is 6. The predicted molar refractivity (Wildman–Crippen MR) is 263 cm³/mol. The molecular formula is C56H66N4O4. The maximum Gasteiger partial charge on any atom is 0.183 e. The average molecular weight is 859 g/mol. The maximum absolute atomic E-state index is 6.21. The topological polar surface area (TPSA) is 94.3 Å². The van der Waals surface area contributed by atoms with E-state index in [1.165, 1.54) is 44.5 Å². The number of benzene rings is 2. The number of aromatic amines is 2. The molecule has 8 bridgehead atoms. The Labute approximate surface area is 379 Å². The highest BCUT2D eigenvalue weighted by Gasteiger charge is 2.32. The number of fused-ring (bicyclic) bond motifs is 8. The second kappa shape index (κ2) is 17.0. The van der Waals surface area contributed by atoms with E-state index >= 15 is 0 Å². The van der Waals surface area contributed by atoms with Crippen molar-refractivity contribution in [1.29, 1.82) is 0 Å². The summed E-state index contributed by atoms with van der Waals surface area (Å²) in [6, 6.07) is 22.1. The summed E-state index contributed by atoms with van der Waals surface area (Å²) in [4.78, 5) is 19.2. The van der Waals surface area contributed by atoms with Gasteiger partial charge in [0.2, 0.25) is 0 Å². The molecule has 334 valence electrons. The van der Waals surface area contributed by atoms with Gasteiger partial charge < -0.3 is 28.9 Å². The minimum Gasteiger partial charge on any atom is -0.354 e. The van der Waals surface area contributed by atoms with E-state index in [1.54, 1.807) is 0 Å². The van der Waals surface area contributed by atoms with Gasteiger partial charge in [0.1, 0.15) is 0 Å². The third-order valence-electron chi connectivity index (χ3n) is 13.9. The fraction of sp³-hybridized carbons (Fsp3) is 0.429. The number of ether oxygens (including phenoxy) is 4. The van der Waals surface area contributed by atoms with Gasteiger partial charge in [0.15, 0.2) is 12.6 Å². The number of aromatic nitrogens is 4. The standard InChI is InChI=1S/C56H66N4O4/c1-13-39-31(5)49-47(35-17-21-37(22-18-35)53-61-27-55(9,10)28-62-53)50-33(7)41(15-3)45(59-50)26-46-42(16-4)34(8)52(60-46)48(51-32(6)40(14-2)44(58-51)25-43(39)57-49)36-19-23-38(24-20-36)54-63-29-56(11,12)30-64-54/h17-26,53-54,57,59H,13-16,27-30H2,1-12H3. The van der Waals surface area contributed by atoms with Gasteiger partial charge in [-0.2, -0.15) is 0 Å². The van der Waals surface area contributed by atoms with Crippen molar-refractivity contribution in [3.8, 4) is 22.3 Å². The first kappa shape index (κ1) is 44.1. The quantitative estimate of drug-likeness (QED) is 0.161. The van der Waals surface area contributed by atoms with Crippen molar-refractivity contribution in [1.82, 2.24) is 19.9 Å². The maximum atomic E-state index is 6.21. The number of rotatable bonds is 8. The third-order valence-corrected chi connectivity index (χ3v) is 13.9. The molecule has 7 heterocycles. The lowest BCUT2D eigenvalue weighted by Gasteiger charge is -2.34. The molecule has 2 N–H and O–H groups in total. The van der Waals surface area contributed by atoms with E-state index in [0.717, 1.165) is 104 Å². The Balaban J connectivity index is 1.33. The van der Waals surface area contributed by atoms with E-state index in [-0.39, 0.29) is 23.4 Å². The van der Waals surface area contributed by atoms with Crippen LogP contribution in [-0.4, -0.2) is 46.4 Å². The number of nitrogens with one attached hydrogen (secondary N) is 2. The molecule has 0 spiro atoms. The molecule has 2 fully saturated rings. The van der Waals surface area contributed by atoms with Crippen molar-refractivity contribution >= 4 is 44.4 Å². The molecule has 64 heavy (non-hydrogen) atoms. The molecule has 5 aromatic rings. The van der Waals surface area contributed by atoms with Crippen LogP contribution in [0.4, 0.5) is 0 Å². The first-order chi connectivity index (χ1) is 30.6. The van der Waals surface area contributed by atoms with E-state index < -0.39 is 0 Å². The van der Waals surface area contributed by atoms with Crippen molar-refractivity contribution < 1.29 is 18.9 Å². The van der Waals surface area contributed by atoms with E-state index in [4.69, 9.17) is 28.9 Å². The molecule has 0 saturated carbocycles. The van der Waals surface area contributed by atoms with Crippen LogP contribution in [0.2, 0.25) is 0 Å². The molecule has 4 aliphatic rings. The molecule has 0 atom stereocenters. The van der Waals surface area contributed by atoms with E-state index in [2.05, 4.69) is 154 Å². The average Bonchev–Trinajstić information content (AvgIpc) is 3.97. The van der Waals surface area contributed by atoms with Gasteiger partial charge in [0, 0.05) is 44.1 Å². The number of aryl methyl sites for hydroxylation is 4. The molecule has 0 aliphatic carbocycles. The molecule has 0 radical (unpaired) electrons. The Morgan fingerprint density at radius 2 is 0.875 bits per heavy atom. The zero-order chi connectivity index (χ0) is 45.2. The summed E-state index contributed by atoms with van der Waals surface area (Å²) in [7, 11) is 0. The van der Waals surface area contributed by atoms with Gasteiger partial charge in [-0.1, -0.05) is 104 Å². The van der Waals surface area contributed by atoms with Gasteiger partial charge in [-0.25, -0.2) is 9.97 Å². The van der Waals surface area contributed by atoms with Crippen LogP contribution in [0.3, 0.4) is 0 Å². The SMILES string of the molecule is CCC1=C(C)c2nc1cc1[nH]c(c(C)c1CC)c(-c1ccc(C3OCC(C)(C)CO3)cc1)c1[nH]c(cc3nc(c2-c2ccc(C4OCC(C)(C)CO4)cc2)C(C)=C3CC)c(CC)c1C. The van der Waals surface area contributed by atoms with E-state index in [0.29, 0.717) is 26.4 Å². The molecule has 2 aromatic carbocycles. The molecule has 8 nitrogen and oxygen atoms in total. The van der Waals surface area contributed by atoms with Crippen LogP contribution in [0.5, 0.6) is 0 Å². The summed E-state index contributed by atoms with van der Waals surface area (Å²) in [5.41, 5.74) is 24.7. The van der Waals surface area contributed by atoms with Crippen LogP contribution < -0.4 is 0 Å². The zero-order valence-corrected chi connectivity index (χ0v) is 40.1. The summed E-state index contributed by atoms with van der Waals surface area (Å²) in [6.07, 6.45) is 2.68. The second-order valence-electron chi connectivity index (χ2n) is 19.9. The molecular weight excluding hydrogens is 793 g/mol. The van der Waals surface area contributed by atoms with E-state index in [1.807, 2.05) is 0 Å². The van der Waals surface area contributed by atoms with Crippen molar-refractivity contribution in [3.05, 3.63) is 117 Å². The van der Waals surface area contributed by atoms with E-state index in [9.17, 15) is 0 Å². The first-order valence-corrected chi connectivity index (χ1v) is 23.5. The lowest BCUT2D eigenvalue weighted by Crippen LogP contribution is -2.33. The number of hydrogen-bond donors (Lipinski definition) is 2. The minimum atomic E-state index is -0.387.